The highest BCUT2D eigenvalue weighted by molar-refractivity contribution is 5.94. The molecule has 1 aliphatic heterocycles. The summed E-state index contributed by atoms with van der Waals surface area (Å²) in [4.78, 5) is 16.6. The molecule has 3 rings (SSSR count). The fraction of sp³-hybridized carbons (Fsp3) is 0.421. The van der Waals surface area contributed by atoms with E-state index in [-0.39, 0.29) is 5.91 Å². The highest BCUT2D eigenvalue weighted by atomic mass is 16.5. The number of methoxy groups -OCH3 is 2. The number of rotatable bonds is 7. The number of piperazine rings is 1. The maximum Gasteiger partial charge on any atom is 0.253 e. The molecule has 2 aromatic rings. The predicted molar refractivity (Wildman–Crippen MR) is 101 cm³/mol. The van der Waals surface area contributed by atoms with Gasteiger partial charge in [-0.2, -0.15) is 0 Å². The first-order valence-corrected chi connectivity index (χ1v) is 8.85. The maximum atomic E-state index is 12.6. The first kappa shape index (κ1) is 18.9. The number of carbonyl (C=O) groups excluding carboxylic acids is 1. The molecule has 0 unspecified atom stereocenters. The zero-order valence-electron chi connectivity index (χ0n) is 15.6. The Balaban J connectivity index is 1.52. The summed E-state index contributed by atoms with van der Waals surface area (Å²) in [7, 11) is 3.23. The molecular weight excluding hydrogens is 348 g/mol. The number of aromatic nitrogens is 2. The second-order valence-electron chi connectivity index (χ2n) is 6.08. The Hall–Kier alpha value is -2.87. The molecule has 0 atom stereocenters. The fourth-order valence-corrected chi connectivity index (χ4v) is 2.84. The highest BCUT2D eigenvalue weighted by Gasteiger charge is 2.23. The summed E-state index contributed by atoms with van der Waals surface area (Å²) in [6, 6.07) is 10.9. The van der Waals surface area contributed by atoms with Crippen molar-refractivity contribution in [2.75, 3.05) is 58.5 Å². The van der Waals surface area contributed by atoms with E-state index in [1.165, 1.54) is 0 Å². The summed E-state index contributed by atoms with van der Waals surface area (Å²) in [5.74, 6) is 2.03. The van der Waals surface area contributed by atoms with E-state index < -0.39 is 0 Å². The molecule has 0 radical (unpaired) electrons. The van der Waals surface area contributed by atoms with E-state index in [4.69, 9.17) is 14.2 Å². The van der Waals surface area contributed by atoms with Gasteiger partial charge in [0.25, 0.3) is 5.91 Å². The lowest BCUT2D eigenvalue weighted by atomic mass is 10.1. The Morgan fingerprint density at radius 3 is 2.30 bits per heavy atom. The van der Waals surface area contributed by atoms with Crippen molar-refractivity contribution in [2.45, 2.75) is 0 Å². The van der Waals surface area contributed by atoms with Crippen molar-refractivity contribution in [1.82, 2.24) is 15.1 Å². The minimum atomic E-state index is 0.0327. The first-order valence-electron chi connectivity index (χ1n) is 8.85. The summed E-state index contributed by atoms with van der Waals surface area (Å²) < 4.78 is 15.5. The Bertz CT molecular complexity index is 728. The molecule has 8 nitrogen and oxygen atoms in total. The molecule has 0 bridgehead atoms. The molecule has 1 amide bonds. The van der Waals surface area contributed by atoms with Gasteiger partial charge in [0.1, 0.15) is 12.4 Å². The Morgan fingerprint density at radius 2 is 1.70 bits per heavy atom. The third-order valence-electron chi connectivity index (χ3n) is 4.39. The van der Waals surface area contributed by atoms with Crippen molar-refractivity contribution < 1.29 is 19.0 Å². The van der Waals surface area contributed by atoms with Crippen molar-refractivity contribution in [1.29, 1.82) is 0 Å². The molecule has 1 aromatic carbocycles. The summed E-state index contributed by atoms with van der Waals surface area (Å²) >= 11 is 0. The Kier molecular flexibility index (Phi) is 6.43. The molecule has 1 fully saturated rings. The summed E-state index contributed by atoms with van der Waals surface area (Å²) in [5, 5.41) is 8.30. The van der Waals surface area contributed by atoms with Gasteiger partial charge < -0.3 is 24.0 Å². The van der Waals surface area contributed by atoms with Crippen LogP contribution in [0.4, 0.5) is 5.82 Å². The number of carbonyl (C=O) groups is 1. The SMILES string of the molecule is COCCOc1ccc(N2CCN(C(=O)c3ccc(OC)cc3)CC2)nn1. The third-order valence-corrected chi connectivity index (χ3v) is 4.39. The van der Waals surface area contributed by atoms with Crippen LogP contribution in [0.25, 0.3) is 0 Å². The average molecular weight is 372 g/mol. The van der Waals surface area contributed by atoms with Crippen molar-refractivity contribution in [3.05, 3.63) is 42.0 Å². The summed E-state index contributed by atoms with van der Waals surface area (Å²) in [6.45, 7) is 3.64. The van der Waals surface area contributed by atoms with E-state index in [1.54, 1.807) is 44.6 Å². The Labute approximate surface area is 158 Å². The smallest absolute Gasteiger partial charge is 0.253 e. The second-order valence-corrected chi connectivity index (χ2v) is 6.08. The van der Waals surface area contributed by atoms with Crippen LogP contribution in [0.1, 0.15) is 10.4 Å². The van der Waals surface area contributed by atoms with Gasteiger partial charge in [0.15, 0.2) is 5.82 Å². The highest BCUT2D eigenvalue weighted by Crippen LogP contribution is 2.18. The molecule has 0 saturated carbocycles. The van der Waals surface area contributed by atoms with E-state index in [9.17, 15) is 4.79 Å². The predicted octanol–water partition coefficient (Wildman–Crippen LogP) is 1.47. The molecule has 0 aliphatic carbocycles. The minimum absolute atomic E-state index is 0.0327. The van der Waals surface area contributed by atoms with E-state index in [1.807, 2.05) is 11.0 Å². The van der Waals surface area contributed by atoms with Crippen molar-refractivity contribution >= 4 is 11.7 Å². The minimum Gasteiger partial charge on any atom is -0.497 e. The maximum absolute atomic E-state index is 12.6. The number of nitrogens with zero attached hydrogens (tertiary/aromatic N) is 4. The number of ether oxygens (including phenoxy) is 3. The molecule has 8 heteroatoms. The lowest BCUT2D eigenvalue weighted by molar-refractivity contribution is 0.0746. The Morgan fingerprint density at radius 1 is 0.963 bits per heavy atom. The number of benzene rings is 1. The van der Waals surface area contributed by atoms with Crippen LogP contribution in [-0.4, -0.2) is 74.6 Å². The van der Waals surface area contributed by atoms with Crippen molar-refractivity contribution in [3.63, 3.8) is 0 Å². The fourth-order valence-electron chi connectivity index (χ4n) is 2.84. The van der Waals surface area contributed by atoms with E-state index in [0.29, 0.717) is 50.8 Å². The molecule has 1 aliphatic rings. The standard InChI is InChI=1S/C19H24N4O4/c1-25-13-14-27-18-8-7-17(20-21-18)22-9-11-23(12-10-22)19(24)15-3-5-16(26-2)6-4-15/h3-8H,9-14H2,1-2H3. The summed E-state index contributed by atoms with van der Waals surface area (Å²) in [6.07, 6.45) is 0. The van der Waals surface area contributed by atoms with Gasteiger partial charge in [0.2, 0.25) is 5.88 Å². The van der Waals surface area contributed by atoms with Crippen LogP contribution in [0, 0.1) is 0 Å². The molecule has 0 N–H and O–H groups in total. The monoisotopic (exact) mass is 372 g/mol. The zero-order chi connectivity index (χ0) is 19.1. The average Bonchev–Trinajstić information content (AvgIpc) is 2.74. The van der Waals surface area contributed by atoms with Gasteiger partial charge in [-0.3, -0.25) is 4.79 Å². The quantitative estimate of drug-likeness (QED) is 0.681. The molecule has 1 saturated heterocycles. The van der Waals surface area contributed by atoms with Gasteiger partial charge in [-0.1, -0.05) is 0 Å². The lowest BCUT2D eigenvalue weighted by Gasteiger charge is -2.35. The summed E-state index contributed by atoms with van der Waals surface area (Å²) in [5.41, 5.74) is 0.668. The van der Waals surface area contributed by atoms with Crippen molar-refractivity contribution in [3.8, 4) is 11.6 Å². The van der Waals surface area contributed by atoms with Crippen LogP contribution in [-0.2, 0) is 4.74 Å². The number of hydrogen-bond acceptors (Lipinski definition) is 7. The van der Waals surface area contributed by atoms with E-state index in [0.717, 1.165) is 11.6 Å². The van der Waals surface area contributed by atoms with E-state index in [2.05, 4.69) is 15.1 Å². The molecule has 27 heavy (non-hydrogen) atoms. The topological polar surface area (TPSA) is 77.0 Å². The van der Waals surface area contributed by atoms with Crippen LogP contribution < -0.4 is 14.4 Å². The normalized spacial score (nSPS) is 14.1. The van der Waals surface area contributed by atoms with Gasteiger partial charge in [-0.05, 0) is 30.3 Å². The van der Waals surface area contributed by atoms with Gasteiger partial charge >= 0.3 is 0 Å². The second kappa shape index (κ2) is 9.18. The van der Waals surface area contributed by atoms with Gasteiger partial charge in [0, 0.05) is 44.9 Å². The van der Waals surface area contributed by atoms with Crippen LogP contribution >= 0.6 is 0 Å². The van der Waals surface area contributed by atoms with Gasteiger partial charge in [-0.15, -0.1) is 10.2 Å². The number of anilines is 1. The van der Waals surface area contributed by atoms with Crippen molar-refractivity contribution in [2.24, 2.45) is 0 Å². The van der Waals surface area contributed by atoms with Crippen LogP contribution in [0.2, 0.25) is 0 Å². The molecule has 1 aromatic heterocycles. The van der Waals surface area contributed by atoms with Crippen LogP contribution in [0.5, 0.6) is 11.6 Å². The van der Waals surface area contributed by atoms with Crippen LogP contribution in [0.15, 0.2) is 36.4 Å². The number of amides is 1. The zero-order valence-corrected chi connectivity index (χ0v) is 15.6. The van der Waals surface area contributed by atoms with Gasteiger partial charge in [0.05, 0.1) is 13.7 Å². The molecule has 144 valence electrons. The third kappa shape index (κ3) is 4.85. The van der Waals surface area contributed by atoms with Crippen LogP contribution in [0.3, 0.4) is 0 Å². The molecule has 0 spiro atoms. The lowest BCUT2D eigenvalue weighted by Crippen LogP contribution is -2.49. The first-order chi connectivity index (χ1) is 13.2. The molecule has 2 heterocycles. The van der Waals surface area contributed by atoms with E-state index >= 15 is 0 Å². The largest absolute Gasteiger partial charge is 0.497 e. The van der Waals surface area contributed by atoms with Gasteiger partial charge in [-0.25, -0.2) is 0 Å². The number of hydrogen-bond donors (Lipinski definition) is 0. The molecular formula is C19H24N4O4.